The molecule has 0 radical (unpaired) electrons. The van der Waals surface area contributed by atoms with Crippen molar-refractivity contribution in [3.8, 4) is 11.8 Å². The molecule has 1 heterocycles. The van der Waals surface area contributed by atoms with Crippen LogP contribution >= 0.6 is 11.6 Å². The molecule has 3 rings (SSSR count). The van der Waals surface area contributed by atoms with Gasteiger partial charge in [-0.25, -0.2) is 4.39 Å². The molecule has 0 saturated carbocycles. The van der Waals surface area contributed by atoms with Crippen molar-refractivity contribution in [3.05, 3.63) is 65.0 Å². The fourth-order valence-electron chi connectivity index (χ4n) is 2.68. The van der Waals surface area contributed by atoms with Crippen LogP contribution in [0.25, 0.3) is 10.9 Å². The minimum absolute atomic E-state index is 0.0520. The van der Waals surface area contributed by atoms with Gasteiger partial charge in [0.15, 0.2) is 0 Å². The normalized spacial score (nSPS) is 15.7. The van der Waals surface area contributed by atoms with Crippen LogP contribution in [0.5, 0.6) is 5.75 Å². The highest BCUT2D eigenvalue weighted by Crippen LogP contribution is 2.36. The summed E-state index contributed by atoms with van der Waals surface area (Å²) >= 11 is 5.84. The summed E-state index contributed by atoms with van der Waals surface area (Å²) in [6, 6.07) is 1.49. The number of nitrogens with one attached hydrogen (secondary N) is 2. The molecular weight excluding hydrogens is 445 g/mol. The van der Waals surface area contributed by atoms with Crippen molar-refractivity contribution in [1.82, 2.24) is 9.88 Å². The molecule has 1 amide bonds. The number of rotatable bonds is 8. The van der Waals surface area contributed by atoms with Crippen molar-refractivity contribution in [2.45, 2.75) is 6.92 Å². The van der Waals surface area contributed by atoms with Crippen molar-refractivity contribution < 1.29 is 24.9 Å². The van der Waals surface area contributed by atoms with E-state index in [2.05, 4.69) is 15.6 Å². The summed E-state index contributed by atoms with van der Waals surface area (Å²) in [5.41, 5.74) is -0.579. The first-order valence-electron chi connectivity index (χ1n) is 13.3. The number of amides is 1. The van der Waals surface area contributed by atoms with Gasteiger partial charge in [0.2, 0.25) is 5.91 Å². The quantitative estimate of drug-likeness (QED) is 0.440. The summed E-state index contributed by atoms with van der Waals surface area (Å²) in [6.07, 6.45) is 1.85. The summed E-state index contributed by atoms with van der Waals surface area (Å²) in [5, 5.41) is 14.2. The Balaban J connectivity index is 2.24. The summed E-state index contributed by atoms with van der Waals surface area (Å²) in [4.78, 5) is 18.1. The number of nitriles is 1. The molecule has 0 atom stereocenters. The molecule has 3 aromatic rings. The first-order chi connectivity index (χ1) is 18.9. The number of hydrogen-bond donors (Lipinski definition) is 2. The molecule has 2 aromatic carbocycles. The predicted molar refractivity (Wildman–Crippen MR) is 129 cm³/mol. The number of anilines is 3. The highest BCUT2D eigenvalue weighted by molar-refractivity contribution is 6.31. The third kappa shape index (κ3) is 5.98. The maximum absolute atomic E-state index is 14.2. The number of ether oxygens (including phenoxy) is 1. The minimum Gasteiger partial charge on any atom is -0.492 e. The zero-order valence-electron chi connectivity index (χ0n) is 25.7. The summed E-state index contributed by atoms with van der Waals surface area (Å²) in [5.74, 6) is -2.40. The van der Waals surface area contributed by atoms with Crippen LogP contribution in [-0.2, 0) is 4.79 Å². The first-order valence-corrected chi connectivity index (χ1v) is 9.71. The Morgan fingerprint density at radius 3 is 2.97 bits per heavy atom. The van der Waals surface area contributed by atoms with Crippen molar-refractivity contribution in [2.24, 2.45) is 0 Å². The van der Waals surface area contributed by atoms with Gasteiger partial charge in [-0.1, -0.05) is 17.7 Å². The second-order valence-corrected chi connectivity index (χ2v) is 7.00. The van der Waals surface area contributed by atoms with E-state index < -0.39 is 54.0 Å². The molecule has 9 heteroatoms. The predicted octanol–water partition coefficient (Wildman–Crippen LogP) is 5.10. The number of hydrogen-bond acceptors (Lipinski definition) is 6. The third-order valence-electron chi connectivity index (χ3n) is 4.03. The molecule has 1 aromatic heterocycles. The van der Waals surface area contributed by atoms with E-state index in [4.69, 9.17) is 27.3 Å². The van der Waals surface area contributed by atoms with Gasteiger partial charge in [0.05, 0.1) is 42.3 Å². The minimum atomic E-state index is -2.28. The van der Waals surface area contributed by atoms with Crippen LogP contribution in [-0.4, -0.2) is 42.9 Å². The lowest BCUT2D eigenvalue weighted by atomic mass is 10.1. The van der Waals surface area contributed by atoms with Crippen LogP contribution in [0.15, 0.2) is 48.6 Å². The van der Waals surface area contributed by atoms with Gasteiger partial charge in [-0.2, -0.15) is 5.26 Å². The Morgan fingerprint density at radius 2 is 2.27 bits per heavy atom. The lowest BCUT2D eigenvalue weighted by Gasteiger charge is -2.16. The van der Waals surface area contributed by atoms with Gasteiger partial charge in [0.25, 0.3) is 0 Å². The van der Waals surface area contributed by atoms with Gasteiger partial charge in [-0.3, -0.25) is 9.78 Å². The maximum atomic E-state index is 14.2. The van der Waals surface area contributed by atoms with Crippen molar-refractivity contribution in [2.75, 3.05) is 37.8 Å². The molecule has 0 unspecified atom stereocenters. The third-order valence-corrected chi connectivity index (χ3v) is 4.29. The Labute approximate surface area is 207 Å². The van der Waals surface area contributed by atoms with E-state index in [1.165, 1.54) is 26.2 Å². The molecule has 0 aliphatic rings. The van der Waals surface area contributed by atoms with Crippen molar-refractivity contribution in [3.63, 3.8) is 0 Å². The van der Waals surface area contributed by atoms with Gasteiger partial charge < -0.3 is 20.3 Å². The zero-order valence-corrected chi connectivity index (χ0v) is 18.5. The van der Waals surface area contributed by atoms with Crippen LogP contribution in [0.1, 0.15) is 23.5 Å². The maximum Gasteiger partial charge on any atom is 0.248 e. The average Bonchev–Trinajstić information content (AvgIpc) is 2.88. The van der Waals surface area contributed by atoms with Gasteiger partial charge in [-0.05, 0) is 45.2 Å². The molecule has 33 heavy (non-hydrogen) atoms. The van der Waals surface area contributed by atoms with E-state index in [-0.39, 0.29) is 39.3 Å². The molecule has 0 aliphatic carbocycles. The fourth-order valence-corrected chi connectivity index (χ4v) is 2.82. The van der Waals surface area contributed by atoms with Crippen molar-refractivity contribution >= 4 is 45.5 Å². The molecule has 0 fully saturated rings. The molecule has 7 nitrogen and oxygen atoms in total. The highest BCUT2D eigenvalue weighted by atomic mass is 35.5. The molecule has 2 N–H and O–H groups in total. The van der Waals surface area contributed by atoms with Crippen molar-refractivity contribution in [1.29, 1.82) is 5.26 Å². The topological polar surface area (TPSA) is 90.3 Å². The summed E-state index contributed by atoms with van der Waals surface area (Å²) in [6.45, 7) is -3.40. The number of carbonyl (C=O) groups is 1. The zero-order chi connectivity index (χ0) is 31.0. The molecule has 170 valence electrons. The molecule has 0 aliphatic heterocycles. The van der Waals surface area contributed by atoms with Gasteiger partial charge in [0, 0.05) is 38.7 Å². The summed E-state index contributed by atoms with van der Waals surface area (Å²) < 4.78 is 83.1. The molecular formula is C24H23ClFN5O2. The number of likely N-dealkylation sites (N-methyl/N-ethyl adjacent to an activating group) is 1. The van der Waals surface area contributed by atoms with Crippen LogP contribution in [0.2, 0.25) is 5.02 Å². The second kappa shape index (κ2) is 10.8. The van der Waals surface area contributed by atoms with E-state index in [0.29, 0.717) is 6.08 Å². The average molecular weight is 476 g/mol. The Hall–Kier alpha value is -3.67. The van der Waals surface area contributed by atoms with Crippen LogP contribution in [0, 0.1) is 17.1 Å². The molecule has 0 spiro atoms. The molecule has 0 bridgehead atoms. The lowest BCUT2D eigenvalue weighted by Crippen LogP contribution is -2.13. The number of benzene rings is 2. The number of fused-ring (bicyclic) bond motifs is 1. The largest absolute Gasteiger partial charge is 0.492 e. The van der Waals surface area contributed by atoms with Gasteiger partial charge in [-0.15, -0.1) is 0 Å². The number of pyridine rings is 1. The number of nitrogens with zero attached hydrogens (tertiary/aromatic N) is 3. The van der Waals surface area contributed by atoms with E-state index in [1.807, 2.05) is 6.07 Å². The smallest absolute Gasteiger partial charge is 0.248 e. The van der Waals surface area contributed by atoms with Crippen LogP contribution in [0.3, 0.4) is 0 Å². The highest BCUT2D eigenvalue weighted by Gasteiger charge is 2.15. The van der Waals surface area contributed by atoms with E-state index in [1.54, 1.807) is 0 Å². The van der Waals surface area contributed by atoms with E-state index in [9.17, 15) is 14.4 Å². The van der Waals surface area contributed by atoms with E-state index in [0.717, 1.165) is 18.0 Å². The van der Waals surface area contributed by atoms with Crippen LogP contribution < -0.4 is 15.4 Å². The number of aromatic nitrogens is 1. The van der Waals surface area contributed by atoms with Crippen LogP contribution in [0.4, 0.5) is 21.5 Å². The standard InChI is InChI=1S/C24H23ClFN5O2/c1-4-33-22-12-20-17(11-21(22)30-23(32)6-5-9-31(2)3)24(15(13-27)14-28-20)29-16-7-8-19(26)18(25)10-16/h5-8,10-12,14H,4,9H2,1-3H3,(H,28,29)(H,30,32)/b6-5+/i4D2,5D,7D,8D,9D2,10D. The monoisotopic (exact) mass is 475 g/mol. The van der Waals surface area contributed by atoms with E-state index >= 15 is 0 Å². The van der Waals surface area contributed by atoms with Gasteiger partial charge >= 0.3 is 0 Å². The van der Waals surface area contributed by atoms with Gasteiger partial charge in [0.1, 0.15) is 17.6 Å². The lowest BCUT2D eigenvalue weighted by molar-refractivity contribution is -0.111. The Bertz CT molecular complexity index is 1590. The Kier molecular flexibility index (Phi) is 4.97. The SMILES string of the molecule is [2H]/C(=C\C(=O)Nc1cc2c(Nc3c([2H])c([2H])c(F)c(Cl)c3[2H])c(C#N)cnc2cc1OC([2H])([2H])C)C([2H])([2H])N(C)C. The number of carbonyl (C=O) groups excluding carboxylic acids is 1. The molecule has 0 saturated heterocycles. The number of halogens is 2. The Morgan fingerprint density at radius 1 is 1.48 bits per heavy atom. The second-order valence-electron chi connectivity index (χ2n) is 6.62. The first kappa shape index (κ1) is 15.2. The fraction of sp³-hybridized carbons (Fsp3) is 0.208. The summed E-state index contributed by atoms with van der Waals surface area (Å²) in [7, 11) is 2.77.